The predicted molar refractivity (Wildman–Crippen MR) is 633 cm³/mol. The maximum absolute atomic E-state index is 6.35. The van der Waals surface area contributed by atoms with Crippen LogP contribution in [-0.4, -0.2) is 0 Å². The zero-order valence-electron chi connectivity index (χ0n) is 79.7. The highest BCUT2D eigenvalue weighted by Gasteiger charge is 2.24. The van der Waals surface area contributed by atoms with E-state index < -0.39 is 0 Å². The molecule has 692 valence electrons. The summed E-state index contributed by atoms with van der Waals surface area (Å²) in [5.74, 6) is 0. The van der Waals surface area contributed by atoms with Crippen LogP contribution in [0.2, 0.25) is 0 Å². The Morgan fingerprint density at radius 3 is 0.619 bits per heavy atom. The molecule has 0 aliphatic rings. The van der Waals surface area contributed by atoms with Crippen molar-refractivity contribution in [1.82, 2.24) is 0 Å². The third-order valence-electron chi connectivity index (χ3n) is 28.5. The van der Waals surface area contributed by atoms with Crippen molar-refractivity contribution in [2.45, 2.75) is 0 Å². The molecule has 0 saturated carbocycles. The molecule has 0 amide bonds. The van der Waals surface area contributed by atoms with Gasteiger partial charge in [-0.1, -0.05) is 358 Å². The summed E-state index contributed by atoms with van der Waals surface area (Å²) in [5, 5.41) is 15.0. The molecule has 0 N–H and O–H groups in total. The largest absolute Gasteiger partial charge is 0.456 e. The van der Waals surface area contributed by atoms with Gasteiger partial charge in [0, 0.05) is 153 Å². The number of thiophene rings is 4. The van der Waals surface area contributed by atoms with Gasteiger partial charge in [0.05, 0.1) is 0 Å². The fourth-order valence-electron chi connectivity index (χ4n) is 21.1. The van der Waals surface area contributed by atoms with E-state index >= 15 is 0 Å². The molecule has 0 aliphatic heterocycles. The van der Waals surface area contributed by atoms with Gasteiger partial charge in [-0.3, -0.25) is 0 Å². The van der Waals surface area contributed by atoms with Crippen molar-refractivity contribution < 1.29 is 8.83 Å². The highest BCUT2D eigenvalue weighted by atomic mass is 32.1. The predicted octanol–water partition coefficient (Wildman–Crippen LogP) is 42.1. The van der Waals surface area contributed by atoms with Crippen LogP contribution in [0.3, 0.4) is 0 Å². The van der Waals surface area contributed by atoms with Gasteiger partial charge >= 0.3 is 0 Å². The Hall–Kier alpha value is -18.1. The van der Waals surface area contributed by atoms with Crippen LogP contribution in [0, 0.1) is 0 Å². The van der Waals surface area contributed by atoms with Gasteiger partial charge in [0.2, 0.25) is 0 Å². The quantitative estimate of drug-likeness (QED) is 0.0908. The molecule has 6 aromatic heterocycles. The third kappa shape index (κ3) is 17.0. The Morgan fingerprint density at radius 2 is 0.293 bits per heavy atom. The molecule has 0 radical (unpaired) electrons. The minimum absolute atomic E-state index is 0.880. The van der Waals surface area contributed by atoms with Gasteiger partial charge in [-0.05, 0) is 271 Å². The summed E-state index contributed by atoms with van der Waals surface area (Å²) in [6.07, 6.45) is 0. The number of para-hydroxylation sites is 1. The molecule has 6 heterocycles. The molecule has 0 spiro atoms. The van der Waals surface area contributed by atoms with E-state index in [1.54, 1.807) is 0 Å². The molecule has 0 aliphatic carbocycles. The molecular weight excluding hydrogens is 1860 g/mol. The average Bonchev–Trinajstić information content (AvgIpc) is 1.69. The highest BCUT2D eigenvalue weighted by molar-refractivity contribution is 7.27. The molecule has 0 unspecified atom stereocenters. The monoisotopic (exact) mass is 1950 g/mol. The SMILES string of the molecule is c1ccc(-c2ccc(N(c3ccc(-c4ccc5c(c4)sc4ccccc45)cc3)c3ccc4c(c3)sc3cc(-c5ccccc5)ccc34)cc2)cc1.c1ccc(-c2ccc(N(c3ccc(-c4ccc5c(c4)sc4ccccc45)cc3)c3ccc4oc5ccc(-c6ccccc6)cc5c4c3)cc2)cc1.c1ccc(-c2ccc(N(c3ccc(-c4ccc5c(c4)sc4ccccc45)cc3)c3ccc4oc5ccccc5c4c3)cc2)cc1. The molecule has 147 heavy (non-hydrogen) atoms. The zero-order chi connectivity index (χ0) is 97.2. The summed E-state index contributed by atoms with van der Waals surface area (Å²) >= 11 is 7.45. The molecule has 29 rings (SSSR count). The number of hydrogen-bond donors (Lipinski definition) is 0. The lowest BCUT2D eigenvalue weighted by Crippen LogP contribution is -2.09. The van der Waals surface area contributed by atoms with Crippen LogP contribution in [0.25, 0.3) is 214 Å². The molecule has 0 fully saturated rings. The Kier molecular flexibility index (Phi) is 22.7. The molecule has 0 saturated heterocycles. The maximum Gasteiger partial charge on any atom is 0.135 e. The van der Waals surface area contributed by atoms with E-state index in [1.807, 2.05) is 57.5 Å². The summed E-state index contributed by atoms with van der Waals surface area (Å²) in [6.45, 7) is 0. The highest BCUT2D eigenvalue weighted by Crippen LogP contribution is 2.49. The average molecular weight is 1950 g/mol. The van der Waals surface area contributed by atoms with Crippen LogP contribution in [-0.2, 0) is 0 Å². The molecule has 23 aromatic carbocycles. The van der Waals surface area contributed by atoms with Crippen LogP contribution >= 0.6 is 45.3 Å². The number of anilines is 9. The van der Waals surface area contributed by atoms with Crippen LogP contribution in [0.4, 0.5) is 51.2 Å². The van der Waals surface area contributed by atoms with E-state index in [4.69, 9.17) is 8.83 Å². The molecule has 29 aromatic rings. The van der Waals surface area contributed by atoms with Crippen molar-refractivity contribution in [2.24, 2.45) is 0 Å². The van der Waals surface area contributed by atoms with E-state index in [9.17, 15) is 0 Å². The first-order valence-corrected chi connectivity index (χ1v) is 52.9. The van der Waals surface area contributed by atoms with Crippen molar-refractivity contribution in [3.8, 4) is 89.0 Å². The van der Waals surface area contributed by atoms with Crippen LogP contribution in [0.15, 0.2) is 549 Å². The van der Waals surface area contributed by atoms with E-state index in [2.05, 4.69) is 542 Å². The van der Waals surface area contributed by atoms with Gasteiger partial charge in [0.15, 0.2) is 0 Å². The summed E-state index contributed by atoms with van der Waals surface area (Å²) in [6, 6.07) is 195. The number of fused-ring (bicyclic) bond motifs is 18. The Morgan fingerprint density at radius 1 is 0.109 bits per heavy atom. The Balaban J connectivity index is 0.000000109. The van der Waals surface area contributed by atoms with Crippen molar-refractivity contribution in [2.75, 3.05) is 14.7 Å². The number of benzene rings is 23. The lowest BCUT2D eigenvalue weighted by atomic mass is 10.0. The molecule has 9 heteroatoms. The van der Waals surface area contributed by atoms with Gasteiger partial charge in [0.25, 0.3) is 0 Å². The van der Waals surface area contributed by atoms with Crippen molar-refractivity contribution in [1.29, 1.82) is 0 Å². The van der Waals surface area contributed by atoms with Gasteiger partial charge in [0.1, 0.15) is 22.3 Å². The summed E-state index contributed by atoms with van der Waals surface area (Å²) in [5.41, 5.74) is 32.9. The second-order valence-corrected chi connectivity index (χ2v) is 41.6. The van der Waals surface area contributed by atoms with E-state index in [0.29, 0.717) is 0 Å². The van der Waals surface area contributed by atoms with Gasteiger partial charge in [-0.25, -0.2) is 0 Å². The number of nitrogens with zero attached hydrogens (tertiary/aromatic N) is 3. The first-order valence-electron chi connectivity index (χ1n) is 49.7. The number of furan rings is 2. The molecular formula is C138H89N3O2S4. The fraction of sp³-hybridized carbons (Fsp3) is 0. The first kappa shape index (κ1) is 87.9. The fourth-order valence-corrected chi connectivity index (χ4v) is 25.7. The third-order valence-corrected chi connectivity index (χ3v) is 33.0. The van der Waals surface area contributed by atoms with Crippen LogP contribution in [0.1, 0.15) is 0 Å². The topological polar surface area (TPSA) is 36.0 Å². The zero-order valence-corrected chi connectivity index (χ0v) is 82.9. The minimum Gasteiger partial charge on any atom is -0.456 e. The molecule has 0 bridgehead atoms. The van der Waals surface area contributed by atoms with E-state index in [0.717, 1.165) is 95.1 Å². The van der Waals surface area contributed by atoms with Crippen molar-refractivity contribution in [3.63, 3.8) is 0 Å². The Bertz CT molecular complexity index is 9950. The smallest absolute Gasteiger partial charge is 0.135 e. The lowest BCUT2D eigenvalue weighted by molar-refractivity contribution is 0.668. The number of hydrogen-bond acceptors (Lipinski definition) is 9. The number of rotatable bonds is 17. The first-order chi connectivity index (χ1) is 72.8. The minimum atomic E-state index is 0.880. The van der Waals surface area contributed by atoms with Gasteiger partial charge in [-0.15, -0.1) is 45.3 Å². The second-order valence-electron chi connectivity index (χ2n) is 37.3. The summed E-state index contributed by atoms with van der Waals surface area (Å²) in [7, 11) is 0. The lowest BCUT2D eigenvalue weighted by Gasteiger charge is -2.26. The van der Waals surface area contributed by atoms with E-state index in [-0.39, 0.29) is 0 Å². The van der Waals surface area contributed by atoms with Crippen LogP contribution < -0.4 is 14.7 Å². The standard InChI is InChI=1S/C48H31NOS.C48H31NS2.C42H27NOS/c1-3-9-32(10-4-1)34-15-21-38(22-16-34)49(39-23-17-35(18-24-39)37-19-26-42-41-13-7-8-14-47(41)51-48(42)30-37)40-25-28-46-44(31-40)43-29-36(20-27-45(43)50-46)33-11-5-2-6-12-33;1-3-9-32(10-4-1)34-15-21-38(22-16-34)49(39-23-17-35(18-24-39)37-20-26-42-41-13-7-8-14-45(41)50-46(42)30-37)40-25-28-44-43-27-19-36(33-11-5-2-6-12-33)29-47(43)51-48(44)31-40;1-2-8-28(9-3-1)29-14-19-32(20-15-29)43(34-23-25-40-38(27-34)35-10-4-6-12-39(35)44-40)33-21-16-30(17-22-33)31-18-24-37-36-11-5-7-13-41(36)45-42(37)26-31/h2*1-31H;1-27H. The van der Waals surface area contributed by atoms with Gasteiger partial charge in [-0.2, -0.15) is 0 Å². The molecule has 5 nitrogen and oxygen atoms in total. The van der Waals surface area contributed by atoms with E-state index in [1.165, 1.54) is 170 Å². The van der Waals surface area contributed by atoms with Crippen molar-refractivity contribution >= 4 is 221 Å². The normalized spacial score (nSPS) is 11.5. The summed E-state index contributed by atoms with van der Waals surface area (Å²) < 4.78 is 23.1. The Labute approximate surface area is 866 Å². The van der Waals surface area contributed by atoms with Crippen molar-refractivity contribution in [3.05, 3.63) is 540 Å². The summed E-state index contributed by atoms with van der Waals surface area (Å²) in [4.78, 5) is 7.05. The maximum atomic E-state index is 6.35. The van der Waals surface area contributed by atoms with Crippen LogP contribution in [0.5, 0.6) is 0 Å². The second kappa shape index (κ2) is 38.0. The van der Waals surface area contributed by atoms with Gasteiger partial charge < -0.3 is 23.5 Å². The molecule has 0 atom stereocenters.